The van der Waals surface area contributed by atoms with Crippen LogP contribution >= 0.6 is 0 Å². The molecule has 28 heavy (non-hydrogen) atoms. The molecule has 2 heterocycles. The van der Waals surface area contributed by atoms with Crippen LogP contribution in [0.2, 0.25) is 0 Å². The SMILES string of the molecule is CC1=C2CCCCC2N(C(C)(C)C)C1.CN1CN(C(C)(C)C)C2=C1CCCC2. The van der Waals surface area contributed by atoms with Gasteiger partial charge in [-0.3, -0.25) is 4.90 Å². The summed E-state index contributed by atoms with van der Waals surface area (Å²) in [5.41, 5.74) is 7.27. The van der Waals surface area contributed by atoms with E-state index in [1.54, 1.807) is 22.5 Å². The number of allylic oxidation sites excluding steroid dienone is 2. The van der Waals surface area contributed by atoms with Gasteiger partial charge in [0.1, 0.15) is 0 Å². The van der Waals surface area contributed by atoms with Crippen LogP contribution in [0.15, 0.2) is 22.5 Å². The monoisotopic (exact) mass is 387 g/mol. The summed E-state index contributed by atoms with van der Waals surface area (Å²) in [5, 5.41) is 0. The average Bonchev–Trinajstić information content (AvgIpc) is 3.14. The standard InChI is InChI=1S/C13H23N.C12H22N2/c1-10-9-14(13(2,3)4)12-8-6-5-7-11(10)12;1-12(2,3)14-9-13(4)10-7-5-6-8-11(10)14/h12H,5-9H2,1-4H3;5-9H2,1-4H3. The van der Waals surface area contributed by atoms with Crippen LogP contribution in [0.3, 0.4) is 0 Å². The number of nitrogens with zero attached hydrogens (tertiary/aromatic N) is 3. The van der Waals surface area contributed by atoms with Crippen molar-refractivity contribution in [3.05, 3.63) is 22.5 Å². The van der Waals surface area contributed by atoms with Gasteiger partial charge in [0.25, 0.3) is 0 Å². The summed E-state index contributed by atoms with van der Waals surface area (Å²) in [6, 6.07) is 0.781. The van der Waals surface area contributed by atoms with Gasteiger partial charge in [-0.05, 0) is 93.4 Å². The van der Waals surface area contributed by atoms with E-state index in [0.717, 1.165) is 12.7 Å². The summed E-state index contributed by atoms with van der Waals surface area (Å²) in [5.74, 6) is 0. The summed E-state index contributed by atoms with van der Waals surface area (Å²) in [6.07, 6.45) is 10.9. The Kier molecular flexibility index (Phi) is 6.25. The Morgan fingerprint density at radius 3 is 2.00 bits per heavy atom. The van der Waals surface area contributed by atoms with Gasteiger partial charge in [-0.15, -0.1) is 0 Å². The second-order valence-electron chi connectivity index (χ2n) is 11.4. The molecule has 160 valence electrons. The van der Waals surface area contributed by atoms with Crippen LogP contribution in [-0.4, -0.2) is 52.1 Å². The minimum Gasteiger partial charge on any atom is -0.359 e. The second-order valence-corrected chi connectivity index (χ2v) is 11.4. The first kappa shape index (κ1) is 21.7. The summed E-state index contributed by atoms with van der Waals surface area (Å²) in [7, 11) is 2.23. The molecule has 1 atom stereocenters. The van der Waals surface area contributed by atoms with Crippen molar-refractivity contribution >= 4 is 0 Å². The molecule has 0 aromatic heterocycles. The fourth-order valence-electron chi connectivity index (χ4n) is 5.58. The van der Waals surface area contributed by atoms with Crippen LogP contribution in [0.25, 0.3) is 0 Å². The highest BCUT2D eigenvalue weighted by Gasteiger charge is 2.38. The van der Waals surface area contributed by atoms with Crippen LogP contribution in [0.1, 0.15) is 99.8 Å². The normalized spacial score (nSPS) is 26.4. The van der Waals surface area contributed by atoms with Crippen LogP contribution in [0.4, 0.5) is 0 Å². The largest absolute Gasteiger partial charge is 0.359 e. The first-order valence-corrected chi connectivity index (χ1v) is 11.7. The van der Waals surface area contributed by atoms with E-state index in [4.69, 9.17) is 0 Å². The van der Waals surface area contributed by atoms with E-state index < -0.39 is 0 Å². The van der Waals surface area contributed by atoms with E-state index in [-0.39, 0.29) is 5.54 Å². The first-order valence-electron chi connectivity index (χ1n) is 11.7. The Morgan fingerprint density at radius 1 is 0.786 bits per heavy atom. The highest BCUT2D eigenvalue weighted by Crippen LogP contribution is 2.39. The lowest BCUT2D eigenvalue weighted by atomic mass is 9.88. The topological polar surface area (TPSA) is 9.72 Å². The zero-order chi connectivity index (χ0) is 20.7. The Morgan fingerprint density at radius 2 is 1.39 bits per heavy atom. The van der Waals surface area contributed by atoms with Crippen molar-refractivity contribution in [3.8, 4) is 0 Å². The van der Waals surface area contributed by atoms with Crippen LogP contribution in [-0.2, 0) is 0 Å². The molecular formula is C25H45N3. The predicted octanol–water partition coefficient (Wildman–Crippen LogP) is 6.14. The minimum atomic E-state index is 0.280. The molecule has 0 spiro atoms. The maximum Gasteiger partial charge on any atom is 0.0900 e. The van der Waals surface area contributed by atoms with E-state index in [1.807, 2.05) is 0 Å². The number of rotatable bonds is 0. The lowest BCUT2D eigenvalue weighted by Gasteiger charge is -2.39. The van der Waals surface area contributed by atoms with E-state index in [0.29, 0.717) is 5.54 Å². The van der Waals surface area contributed by atoms with Crippen molar-refractivity contribution in [3.63, 3.8) is 0 Å². The van der Waals surface area contributed by atoms with Crippen LogP contribution in [0, 0.1) is 0 Å². The van der Waals surface area contributed by atoms with E-state index >= 15 is 0 Å². The maximum absolute atomic E-state index is 2.69. The summed E-state index contributed by atoms with van der Waals surface area (Å²) < 4.78 is 0. The van der Waals surface area contributed by atoms with Gasteiger partial charge in [-0.25, -0.2) is 0 Å². The third-order valence-electron chi connectivity index (χ3n) is 7.13. The fraction of sp³-hybridized carbons (Fsp3) is 0.840. The molecule has 0 radical (unpaired) electrons. The predicted molar refractivity (Wildman–Crippen MR) is 121 cm³/mol. The maximum atomic E-state index is 2.69. The molecule has 1 unspecified atom stereocenters. The second kappa shape index (κ2) is 8.05. The Bertz CT molecular complexity index is 629. The van der Waals surface area contributed by atoms with Crippen molar-refractivity contribution in [2.45, 2.75) is 117 Å². The fourth-order valence-corrected chi connectivity index (χ4v) is 5.58. The van der Waals surface area contributed by atoms with Crippen molar-refractivity contribution in [1.82, 2.24) is 14.7 Å². The van der Waals surface area contributed by atoms with Gasteiger partial charge in [-0.2, -0.15) is 0 Å². The lowest BCUT2D eigenvalue weighted by Crippen LogP contribution is -2.46. The van der Waals surface area contributed by atoms with Gasteiger partial charge in [-0.1, -0.05) is 17.6 Å². The van der Waals surface area contributed by atoms with Crippen molar-refractivity contribution < 1.29 is 0 Å². The van der Waals surface area contributed by atoms with E-state index in [2.05, 4.69) is 70.2 Å². The van der Waals surface area contributed by atoms with Gasteiger partial charge in [0.2, 0.25) is 0 Å². The zero-order valence-electron chi connectivity index (χ0n) is 20.0. The molecule has 1 fully saturated rings. The summed E-state index contributed by atoms with van der Waals surface area (Å²) >= 11 is 0. The number of hydrogen-bond donors (Lipinski definition) is 0. The molecular weight excluding hydrogens is 342 g/mol. The van der Waals surface area contributed by atoms with Crippen molar-refractivity contribution in [1.29, 1.82) is 0 Å². The van der Waals surface area contributed by atoms with E-state index in [1.165, 1.54) is 57.9 Å². The van der Waals surface area contributed by atoms with Crippen molar-refractivity contribution in [2.75, 3.05) is 20.3 Å². The quantitative estimate of drug-likeness (QED) is 0.463. The van der Waals surface area contributed by atoms with Gasteiger partial charge >= 0.3 is 0 Å². The molecule has 3 nitrogen and oxygen atoms in total. The molecule has 0 saturated heterocycles. The zero-order valence-corrected chi connectivity index (χ0v) is 20.0. The van der Waals surface area contributed by atoms with Gasteiger partial charge in [0, 0.05) is 42.1 Å². The third-order valence-corrected chi connectivity index (χ3v) is 7.13. The first-order chi connectivity index (χ1) is 13.0. The molecule has 2 aliphatic heterocycles. The molecule has 0 aromatic rings. The van der Waals surface area contributed by atoms with Gasteiger partial charge in [0.15, 0.2) is 0 Å². The average molecular weight is 388 g/mol. The highest BCUT2D eigenvalue weighted by molar-refractivity contribution is 5.28. The van der Waals surface area contributed by atoms with Crippen LogP contribution in [0.5, 0.6) is 0 Å². The molecule has 4 rings (SSSR count). The Balaban J connectivity index is 0.000000161. The lowest BCUT2D eigenvalue weighted by molar-refractivity contribution is 0.114. The molecule has 2 aliphatic carbocycles. The summed E-state index contributed by atoms with van der Waals surface area (Å²) in [4.78, 5) is 7.69. The Labute approximate surface area is 174 Å². The molecule has 0 bridgehead atoms. The minimum absolute atomic E-state index is 0.280. The number of hydrogen-bond acceptors (Lipinski definition) is 3. The molecule has 3 heteroatoms. The van der Waals surface area contributed by atoms with Crippen molar-refractivity contribution in [2.24, 2.45) is 0 Å². The van der Waals surface area contributed by atoms with Gasteiger partial charge < -0.3 is 9.80 Å². The van der Waals surface area contributed by atoms with Crippen LogP contribution < -0.4 is 0 Å². The summed E-state index contributed by atoms with van der Waals surface area (Å²) in [6.45, 7) is 18.6. The molecule has 0 N–H and O–H groups in total. The molecule has 1 saturated carbocycles. The smallest absolute Gasteiger partial charge is 0.0900 e. The van der Waals surface area contributed by atoms with E-state index in [9.17, 15) is 0 Å². The molecule has 4 aliphatic rings. The van der Waals surface area contributed by atoms with Gasteiger partial charge in [0.05, 0.1) is 6.67 Å². The highest BCUT2D eigenvalue weighted by atomic mass is 15.4. The number of fused-ring (bicyclic) bond motifs is 1. The molecule has 0 amide bonds. The molecule has 0 aromatic carbocycles. The Hall–Kier alpha value is -0.960. The third kappa shape index (κ3) is 4.45.